The molecule has 0 fully saturated rings. The third-order valence-corrected chi connectivity index (χ3v) is 3.08. The van der Waals surface area contributed by atoms with Crippen molar-refractivity contribution in [3.63, 3.8) is 0 Å². The van der Waals surface area contributed by atoms with Gasteiger partial charge in [-0.05, 0) is 24.3 Å². The number of anilines is 1. The van der Waals surface area contributed by atoms with Crippen LogP contribution in [0.3, 0.4) is 0 Å². The van der Waals surface area contributed by atoms with Crippen molar-refractivity contribution in [3.8, 4) is 11.1 Å². The second kappa shape index (κ2) is 5.46. The molecule has 0 heterocycles. The van der Waals surface area contributed by atoms with E-state index < -0.39 is 17.6 Å². The summed E-state index contributed by atoms with van der Waals surface area (Å²) in [6.07, 6.45) is 0. The molecule has 6 heteroatoms. The molecule has 0 saturated heterocycles. The molecule has 0 atom stereocenters. The highest BCUT2D eigenvalue weighted by Crippen LogP contribution is 2.34. The van der Waals surface area contributed by atoms with Crippen LogP contribution in [0.5, 0.6) is 0 Å². The molecule has 0 unspecified atom stereocenters. The van der Waals surface area contributed by atoms with Crippen LogP contribution in [0.2, 0.25) is 5.02 Å². The van der Waals surface area contributed by atoms with E-state index in [1.807, 2.05) is 0 Å². The molecule has 3 nitrogen and oxygen atoms in total. The van der Waals surface area contributed by atoms with Crippen LogP contribution in [-0.2, 0) is 4.74 Å². The smallest absolute Gasteiger partial charge is 0.340 e. The Kier molecular flexibility index (Phi) is 3.90. The molecule has 2 aromatic rings. The van der Waals surface area contributed by atoms with Gasteiger partial charge in [0.1, 0.15) is 11.6 Å². The van der Waals surface area contributed by atoms with Crippen molar-refractivity contribution in [3.05, 3.63) is 52.6 Å². The van der Waals surface area contributed by atoms with Crippen molar-refractivity contribution >= 4 is 23.3 Å². The summed E-state index contributed by atoms with van der Waals surface area (Å²) in [6, 6.07) is 5.75. The first-order chi connectivity index (χ1) is 9.43. The fourth-order valence-electron chi connectivity index (χ4n) is 1.79. The van der Waals surface area contributed by atoms with Gasteiger partial charge >= 0.3 is 5.97 Å². The van der Waals surface area contributed by atoms with E-state index in [4.69, 9.17) is 17.3 Å². The third-order valence-electron chi connectivity index (χ3n) is 2.77. The van der Waals surface area contributed by atoms with Gasteiger partial charge in [0.2, 0.25) is 0 Å². The summed E-state index contributed by atoms with van der Waals surface area (Å²) in [5.74, 6) is -2.10. The molecular weight excluding hydrogens is 288 g/mol. The van der Waals surface area contributed by atoms with Gasteiger partial charge in [-0.2, -0.15) is 0 Å². The van der Waals surface area contributed by atoms with E-state index in [9.17, 15) is 13.6 Å². The Bertz CT molecular complexity index is 689. The molecule has 0 saturated carbocycles. The summed E-state index contributed by atoms with van der Waals surface area (Å²) in [6.45, 7) is 0. The van der Waals surface area contributed by atoms with E-state index >= 15 is 0 Å². The lowest BCUT2D eigenvalue weighted by molar-refractivity contribution is 0.0602. The largest absolute Gasteiger partial charge is 0.465 e. The summed E-state index contributed by atoms with van der Waals surface area (Å²) >= 11 is 6.02. The first kappa shape index (κ1) is 14.3. The van der Waals surface area contributed by atoms with Crippen LogP contribution in [0, 0.1) is 11.6 Å². The molecule has 2 aromatic carbocycles. The second-order valence-electron chi connectivity index (χ2n) is 4.04. The first-order valence-electron chi connectivity index (χ1n) is 5.56. The lowest BCUT2D eigenvalue weighted by Gasteiger charge is -2.10. The molecule has 0 aliphatic rings. The number of carbonyl (C=O) groups is 1. The van der Waals surface area contributed by atoms with Gasteiger partial charge in [0.25, 0.3) is 0 Å². The Labute approximate surface area is 118 Å². The maximum absolute atomic E-state index is 13.7. The minimum Gasteiger partial charge on any atom is -0.465 e. The summed E-state index contributed by atoms with van der Waals surface area (Å²) in [5, 5.41) is 0.116. The molecule has 2 N–H and O–H groups in total. The predicted octanol–water partition coefficient (Wildman–Crippen LogP) is 3.65. The average molecular weight is 298 g/mol. The van der Waals surface area contributed by atoms with Gasteiger partial charge < -0.3 is 10.5 Å². The molecule has 104 valence electrons. The maximum atomic E-state index is 13.7. The zero-order valence-electron chi connectivity index (χ0n) is 10.4. The quantitative estimate of drug-likeness (QED) is 0.680. The van der Waals surface area contributed by atoms with Gasteiger partial charge in [-0.15, -0.1) is 0 Å². The van der Waals surface area contributed by atoms with Crippen LogP contribution in [0.25, 0.3) is 11.1 Å². The average Bonchev–Trinajstić information content (AvgIpc) is 2.40. The molecule has 0 amide bonds. The van der Waals surface area contributed by atoms with Crippen LogP contribution < -0.4 is 5.73 Å². The molecule has 2 rings (SSSR count). The van der Waals surface area contributed by atoms with Crippen molar-refractivity contribution in [2.45, 2.75) is 0 Å². The summed E-state index contributed by atoms with van der Waals surface area (Å²) in [5.41, 5.74) is 6.28. The van der Waals surface area contributed by atoms with Gasteiger partial charge in [-0.1, -0.05) is 11.6 Å². The number of halogens is 3. The number of nitrogen functional groups attached to an aromatic ring is 1. The fourth-order valence-corrected chi connectivity index (χ4v) is 2.06. The second-order valence-corrected chi connectivity index (χ2v) is 4.44. The number of rotatable bonds is 2. The molecule has 20 heavy (non-hydrogen) atoms. The normalized spacial score (nSPS) is 10.4. The number of benzene rings is 2. The van der Waals surface area contributed by atoms with E-state index in [-0.39, 0.29) is 27.4 Å². The van der Waals surface area contributed by atoms with E-state index in [1.165, 1.54) is 25.3 Å². The van der Waals surface area contributed by atoms with Crippen molar-refractivity contribution in [2.24, 2.45) is 0 Å². The highest BCUT2D eigenvalue weighted by atomic mass is 35.5. The van der Waals surface area contributed by atoms with Gasteiger partial charge in [-0.25, -0.2) is 13.6 Å². The van der Waals surface area contributed by atoms with Gasteiger partial charge in [-0.3, -0.25) is 0 Å². The van der Waals surface area contributed by atoms with Crippen LogP contribution in [0.1, 0.15) is 10.4 Å². The zero-order valence-corrected chi connectivity index (χ0v) is 11.2. The molecule has 0 aliphatic heterocycles. The lowest BCUT2D eigenvalue weighted by Crippen LogP contribution is -2.06. The first-order valence-corrected chi connectivity index (χ1v) is 5.94. The third kappa shape index (κ3) is 2.58. The number of hydrogen-bond donors (Lipinski definition) is 1. The minimum atomic E-state index is -0.767. The maximum Gasteiger partial charge on any atom is 0.340 e. The number of hydrogen-bond acceptors (Lipinski definition) is 3. The number of nitrogens with two attached hydrogens (primary N) is 1. The summed E-state index contributed by atoms with van der Waals surface area (Å²) in [4.78, 5) is 11.5. The lowest BCUT2D eigenvalue weighted by atomic mass is 10.0. The Morgan fingerprint density at radius 2 is 1.90 bits per heavy atom. The highest BCUT2D eigenvalue weighted by molar-refractivity contribution is 6.34. The molecule has 0 radical (unpaired) electrons. The van der Waals surface area contributed by atoms with Crippen molar-refractivity contribution in [2.75, 3.05) is 12.8 Å². The van der Waals surface area contributed by atoms with Crippen LogP contribution in [-0.4, -0.2) is 13.1 Å². The fraction of sp³-hybridized carbons (Fsp3) is 0.0714. The van der Waals surface area contributed by atoms with Gasteiger partial charge in [0, 0.05) is 27.9 Å². The van der Waals surface area contributed by atoms with E-state index in [2.05, 4.69) is 4.74 Å². The topological polar surface area (TPSA) is 52.3 Å². The van der Waals surface area contributed by atoms with E-state index in [0.717, 1.165) is 12.1 Å². The van der Waals surface area contributed by atoms with Crippen LogP contribution in [0.4, 0.5) is 14.5 Å². The summed E-state index contributed by atoms with van der Waals surface area (Å²) in [7, 11) is 1.21. The summed E-state index contributed by atoms with van der Waals surface area (Å²) < 4.78 is 31.2. The number of ether oxygens (including phenoxy) is 1. The molecule has 0 aromatic heterocycles. The Morgan fingerprint density at radius 3 is 2.50 bits per heavy atom. The van der Waals surface area contributed by atoms with Crippen LogP contribution in [0.15, 0.2) is 30.3 Å². The van der Waals surface area contributed by atoms with Gasteiger partial charge in [0.15, 0.2) is 0 Å². The molecule has 0 spiro atoms. The molecular formula is C14H10ClF2NO2. The monoisotopic (exact) mass is 297 g/mol. The Hall–Kier alpha value is -2.14. The highest BCUT2D eigenvalue weighted by Gasteiger charge is 2.16. The van der Waals surface area contributed by atoms with Crippen LogP contribution >= 0.6 is 11.6 Å². The Balaban J connectivity index is 2.59. The van der Waals surface area contributed by atoms with Gasteiger partial charge in [0.05, 0.1) is 12.7 Å². The molecule has 0 bridgehead atoms. The number of esters is 1. The van der Waals surface area contributed by atoms with Crippen molar-refractivity contribution < 1.29 is 18.3 Å². The standard InChI is InChI=1S/C14H10ClF2NO2/c1-20-14(19)10-5-11(15)9(6-13(10)18)8-3-2-7(16)4-12(8)17/h2-6H,18H2,1H3. The molecule has 0 aliphatic carbocycles. The SMILES string of the molecule is COC(=O)c1cc(Cl)c(-c2ccc(F)cc2F)cc1N. The van der Waals surface area contributed by atoms with E-state index in [1.54, 1.807) is 0 Å². The predicted molar refractivity (Wildman–Crippen MR) is 72.6 cm³/mol. The van der Waals surface area contributed by atoms with Crippen molar-refractivity contribution in [1.82, 2.24) is 0 Å². The van der Waals surface area contributed by atoms with Crippen molar-refractivity contribution in [1.29, 1.82) is 0 Å². The van der Waals surface area contributed by atoms with E-state index in [0.29, 0.717) is 0 Å². The Morgan fingerprint density at radius 1 is 1.20 bits per heavy atom. The number of methoxy groups -OCH3 is 1. The zero-order chi connectivity index (χ0) is 14.9. The number of carbonyl (C=O) groups excluding carboxylic acids is 1. The minimum absolute atomic E-state index is 0.0868.